The van der Waals surface area contributed by atoms with Gasteiger partial charge in [-0.1, -0.05) is 12.1 Å². The van der Waals surface area contributed by atoms with Crippen LogP contribution in [0.5, 0.6) is 0 Å². The van der Waals surface area contributed by atoms with E-state index in [1.165, 1.54) is 0 Å². The average molecular weight is 217 g/mol. The highest BCUT2D eigenvalue weighted by Gasteiger charge is 2.13. The van der Waals surface area contributed by atoms with Gasteiger partial charge in [-0.25, -0.2) is 4.79 Å². The number of carboxylic acids is 1. The molecule has 0 amide bonds. The molecule has 1 aromatic carbocycles. The lowest BCUT2D eigenvalue weighted by Gasteiger charge is -2.15. The van der Waals surface area contributed by atoms with Crippen LogP contribution in [-0.2, 0) is 0 Å². The summed E-state index contributed by atoms with van der Waals surface area (Å²) >= 11 is 0. The largest absolute Gasteiger partial charge is 0.476 e. The van der Waals surface area contributed by atoms with E-state index >= 15 is 0 Å². The highest BCUT2D eigenvalue weighted by atomic mass is 16.4. The van der Waals surface area contributed by atoms with Gasteiger partial charge in [-0.05, 0) is 6.07 Å². The van der Waals surface area contributed by atoms with E-state index in [1.807, 2.05) is 31.1 Å². The first-order chi connectivity index (χ1) is 7.61. The zero-order valence-corrected chi connectivity index (χ0v) is 9.01. The number of benzene rings is 1. The molecular formula is C11H11N3O2. The number of anilines is 1. The quantitative estimate of drug-likeness (QED) is 0.823. The van der Waals surface area contributed by atoms with Crippen LogP contribution < -0.4 is 4.90 Å². The summed E-state index contributed by atoms with van der Waals surface area (Å²) in [4.78, 5) is 12.9. The van der Waals surface area contributed by atoms with Crippen molar-refractivity contribution in [3.05, 3.63) is 30.1 Å². The molecule has 5 heteroatoms. The molecule has 0 unspecified atom stereocenters. The second-order valence-corrected chi connectivity index (χ2v) is 3.63. The number of hydrogen-bond donors (Lipinski definition) is 1. The van der Waals surface area contributed by atoms with E-state index < -0.39 is 5.97 Å². The van der Waals surface area contributed by atoms with Gasteiger partial charge in [0.15, 0.2) is 5.69 Å². The van der Waals surface area contributed by atoms with Crippen molar-refractivity contribution in [3.8, 4) is 0 Å². The average Bonchev–Trinajstić information content (AvgIpc) is 2.27. The number of nitrogens with zero attached hydrogens (tertiary/aromatic N) is 3. The van der Waals surface area contributed by atoms with E-state index in [1.54, 1.807) is 12.3 Å². The van der Waals surface area contributed by atoms with Crippen LogP contribution in [0.25, 0.3) is 10.8 Å². The Bertz CT molecular complexity index is 552. The molecule has 0 saturated carbocycles. The van der Waals surface area contributed by atoms with Crippen LogP contribution in [0.3, 0.4) is 0 Å². The standard InChI is InChI=1S/C11H11N3O2/c1-14(2)9-5-3-4-7-8(9)6-12-13-10(7)11(15)16/h3-6H,1-2H3,(H,15,16). The van der Waals surface area contributed by atoms with Crippen molar-refractivity contribution in [1.82, 2.24) is 10.2 Å². The van der Waals surface area contributed by atoms with Gasteiger partial charge in [0.2, 0.25) is 0 Å². The number of rotatable bonds is 2. The maximum absolute atomic E-state index is 11.0. The minimum absolute atomic E-state index is 0.0128. The molecule has 0 aliphatic heterocycles. The normalized spacial score (nSPS) is 10.4. The number of carboxylic acid groups (broad SMARTS) is 1. The van der Waals surface area contributed by atoms with Gasteiger partial charge in [0.25, 0.3) is 0 Å². The first-order valence-corrected chi connectivity index (χ1v) is 4.76. The minimum atomic E-state index is -1.06. The highest BCUT2D eigenvalue weighted by molar-refractivity contribution is 6.05. The third-order valence-corrected chi connectivity index (χ3v) is 2.37. The predicted molar refractivity (Wildman–Crippen MR) is 60.8 cm³/mol. The van der Waals surface area contributed by atoms with Gasteiger partial charge in [0, 0.05) is 30.6 Å². The third kappa shape index (κ3) is 1.56. The molecule has 0 aliphatic carbocycles. The van der Waals surface area contributed by atoms with Crippen LogP contribution in [0.1, 0.15) is 10.5 Å². The smallest absolute Gasteiger partial charge is 0.357 e. The Morgan fingerprint density at radius 2 is 2.06 bits per heavy atom. The number of fused-ring (bicyclic) bond motifs is 1. The molecule has 1 aromatic heterocycles. The molecule has 0 atom stereocenters. The highest BCUT2D eigenvalue weighted by Crippen LogP contribution is 2.25. The van der Waals surface area contributed by atoms with Crippen LogP contribution in [0, 0.1) is 0 Å². The van der Waals surface area contributed by atoms with Crippen molar-refractivity contribution >= 4 is 22.4 Å². The lowest BCUT2D eigenvalue weighted by molar-refractivity contribution is 0.0691. The zero-order valence-electron chi connectivity index (χ0n) is 9.01. The minimum Gasteiger partial charge on any atom is -0.476 e. The Morgan fingerprint density at radius 3 is 2.69 bits per heavy atom. The van der Waals surface area contributed by atoms with E-state index in [-0.39, 0.29) is 5.69 Å². The fourth-order valence-corrected chi connectivity index (χ4v) is 1.64. The lowest BCUT2D eigenvalue weighted by atomic mass is 10.1. The maximum atomic E-state index is 11.0. The molecule has 0 aliphatic rings. The van der Waals surface area contributed by atoms with Gasteiger partial charge in [-0.15, -0.1) is 5.10 Å². The topological polar surface area (TPSA) is 66.3 Å². The van der Waals surface area contributed by atoms with Crippen LogP contribution in [0.2, 0.25) is 0 Å². The van der Waals surface area contributed by atoms with Crippen LogP contribution in [0.4, 0.5) is 5.69 Å². The van der Waals surface area contributed by atoms with E-state index in [9.17, 15) is 4.79 Å². The summed E-state index contributed by atoms with van der Waals surface area (Å²) < 4.78 is 0. The summed E-state index contributed by atoms with van der Waals surface area (Å²) in [7, 11) is 3.80. The monoisotopic (exact) mass is 217 g/mol. The summed E-state index contributed by atoms with van der Waals surface area (Å²) in [5.74, 6) is -1.06. The van der Waals surface area contributed by atoms with Crippen LogP contribution >= 0.6 is 0 Å². The Kier molecular flexibility index (Phi) is 2.44. The zero-order chi connectivity index (χ0) is 11.7. The third-order valence-electron chi connectivity index (χ3n) is 2.37. The Balaban J connectivity index is 2.81. The van der Waals surface area contributed by atoms with Crippen LogP contribution in [-0.4, -0.2) is 35.4 Å². The molecule has 1 N–H and O–H groups in total. The van der Waals surface area contributed by atoms with E-state index in [2.05, 4.69) is 10.2 Å². The molecule has 0 spiro atoms. The van der Waals surface area contributed by atoms with Gasteiger partial charge >= 0.3 is 5.97 Å². The number of aromatic carboxylic acids is 1. The van der Waals surface area contributed by atoms with E-state index in [0.29, 0.717) is 5.39 Å². The fraction of sp³-hybridized carbons (Fsp3) is 0.182. The summed E-state index contributed by atoms with van der Waals surface area (Å²) in [5, 5.41) is 17.8. The predicted octanol–water partition coefficient (Wildman–Crippen LogP) is 1.39. The fourth-order valence-electron chi connectivity index (χ4n) is 1.64. The van der Waals surface area contributed by atoms with Crippen molar-refractivity contribution < 1.29 is 9.90 Å². The molecule has 16 heavy (non-hydrogen) atoms. The molecule has 0 fully saturated rings. The molecule has 0 bridgehead atoms. The molecule has 0 saturated heterocycles. The number of aromatic nitrogens is 2. The van der Waals surface area contributed by atoms with Crippen molar-refractivity contribution in [2.45, 2.75) is 0 Å². The molecule has 2 rings (SSSR count). The summed E-state index contributed by atoms with van der Waals surface area (Å²) in [6.45, 7) is 0. The second-order valence-electron chi connectivity index (χ2n) is 3.63. The molecular weight excluding hydrogens is 206 g/mol. The van der Waals surface area contributed by atoms with Crippen molar-refractivity contribution in [2.24, 2.45) is 0 Å². The SMILES string of the molecule is CN(C)c1cccc2c(C(=O)O)nncc12. The van der Waals surface area contributed by atoms with Gasteiger partial charge in [-0.3, -0.25) is 0 Å². The molecule has 5 nitrogen and oxygen atoms in total. The van der Waals surface area contributed by atoms with Crippen molar-refractivity contribution in [1.29, 1.82) is 0 Å². The Labute approximate surface area is 92.3 Å². The summed E-state index contributed by atoms with van der Waals surface area (Å²) in [6, 6.07) is 5.46. The Morgan fingerprint density at radius 1 is 1.31 bits per heavy atom. The molecule has 1 heterocycles. The van der Waals surface area contributed by atoms with Gasteiger partial charge in [0.05, 0.1) is 6.20 Å². The van der Waals surface area contributed by atoms with Crippen molar-refractivity contribution in [3.63, 3.8) is 0 Å². The summed E-state index contributed by atoms with van der Waals surface area (Å²) in [5.41, 5.74) is 0.913. The van der Waals surface area contributed by atoms with Gasteiger partial charge in [-0.2, -0.15) is 5.10 Å². The number of hydrogen-bond acceptors (Lipinski definition) is 4. The molecule has 0 radical (unpaired) electrons. The molecule has 82 valence electrons. The first kappa shape index (κ1) is 10.4. The van der Waals surface area contributed by atoms with E-state index in [0.717, 1.165) is 11.1 Å². The molecule has 2 aromatic rings. The van der Waals surface area contributed by atoms with Gasteiger partial charge in [0.1, 0.15) is 0 Å². The van der Waals surface area contributed by atoms with Gasteiger partial charge < -0.3 is 10.0 Å². The summed E-state index contributed by atoms with van der Waals surface area (Å²) in [6.07, 6.45) is 1.58. The van der Waals surface area contributed by atoms with Crippen molar-refractivity contribution in [2.75, 3.05) is 19.0 Å². The number of carbonyl (C=O) groups is 1. The first-order valence-electron chi connectivity index (χ1n) is 4.76. The lowest BCUT2D eigenvalue weighted by Crippen LogP contribution is -2.10. The maximum Gasteiger partial charge on any atom is 0.357 e. The van der Waals surface area contributed by atoms with E-state index in [4.69, 9.17) is 5.11 Å². The Hall–Kier alpha value is -2.17. The van der Waals surface area contributed by atoms with Crippen LogP contribution in [0.15, 0.2) is 24.4 Å². The second kappa shape index (κ2) is 3.77.